The van der Waals surface area contributed by atoms with Crippen LogP contribution in [0.1, 0.15) is 29.7 Å². The number of carbonyl (C=O) groups excluding carboxylic acids is 1. The molecule has 1 aromatic carbocycles. The summed E-state index contributed by atoms with van der Waals surface area (Å²) in [6.45, 7) is 1.19. The van der Waals surface area contributed by atoms with Gasteiger partial charge in [-0.25, -0.2) is 0 Å². The molecule has 1 aliphatic heterocycles. The van der Waals surface area contributed by atoms with Crippen molar-refractivity contribution in [1.82, 2.24) is 5.01 Å². The number of amides is 1. The van der Waals surface area contributed by atoms with Gasteiger partial charge in [0, 0.05) is 12.1 Å². The van der Waals surface area contributed by atoms with E-state index in [4.69, 9.17) is 20.8 Å². The Morgan fingerprint density at radius 2 is 2.07 bits per heavy atom. The Kier molecular flexibility index (Phi) is 4.92. The lowest BCUT2D eigenvalue weighted by atomic mass is 10.1. The third kappa shape index (κ3) is 3.65. The van der Waals surface area contributed by atoms with Crippen molar-refractivity contribution >= 4 is 23.2 Å². The van der Waals surface area contributed by atoms with Gasteiger partial charge in [-0.3, -0.25) is 4.79 Å². The van der Waals surface area contributed by atoms with Gasteiger partial charge in [0.05, 0.1) is 5.02 Å². The largest absolute Gasteiger partial charge is 0.484 e. The van der Waals surface area contributed by atoms with Gasteiger partial charge in [0.25, 0.3) is 5.72 Å². The molecule has 3 rings (SSSR count). The molecule has 0 aliphatic carbocycles. The molecule has 1 unspecified atom stereocenters. The van der Waals surface area contributed by atoms with Crippen molar-refractivity contribution in [3.8, 4) is 5.75 Å². The first-order valence-electron chi connectivity index (χ1n) is 7.75. The number of halogens is 4. The van der Waals surface area contributed by atoms with Crippen molar-refractivity contribution in [3.63, 3.8) is 0 Å². The molecule has 0 saturated heterocycles. The fourth-order valence-corrected chi connectivity index (χ4v) is 2.73. The number of hydrazone groups is 1. The number of alkyl halides is 3. The molecule has 1 atom stereocenters. The van der Waals surface area contributed by atoms with Gasteiger partial charge in [-0.1, -0.05) is 23.7 Å². The van der Waals surface area contributed by atoms with E-state index >= 15 is 0 Å². The minimum absolute atomic E-state index is 0.000131. The molecule has 0 saturated carbocycles. The van der Waals surface area contributed by atoms with Crippen LogP contribution in [0.3, 0.4) is 0 Å². The molecule has 1 amide bonds. The summed E-state index contributed by atoms with van der Waals surface area (Å²) in [6, 6.07) is 9.25. The number of ether oxygens (including phenoxy) is 1. The van der Waals surface area contributed by atoms with E-state index in [0.717, 1.165) is 0 Å². The number of nitrogens with zero attached hydrogens (tertiary/aromatic N) is 2. The van der Waals surface area contributed by atoms with Crippen LogP contribution < -0.4 is 4.74 Å². The Morgan fingerprint density at radius 1 is 1.37 bits per heavy atom. The average Bonchev–Trinajstić information content (AvgIpc) is 3.18. The molecule has 10 heteroatoms. The van der Waals surface area contributed by atoms with E-state index in [0.29, 0.717) is 10.8 Å². The summed E-state index contributed by atoms with van der Waals surface area (Å²) in [6.07, 6.45) is -5.90. The first kappa shape index (κ1) is 19.2. The second-order valence-corrected chi connectivity index (χ2v) is 6.34. The summed E-state index contributed by atoms with van der Waals surface area (Å²) in [4.78, 5) is 12.4. The second-order valence-electron chi connectivity index (χ2n) is 5.93. The molecule has 0 spiro atoms. The van der Waals surface area contributed by atoms with Crippen LogP contribution in [-0.4, -0.2) is 33.6 Å². The summed E-state index contributed by atoms with van der Waals surface area (Å²) in [5.74, 6) is -1.05. The van der Waals surface area contributed by atoms with Crippen molar-refractivity contribution in [1.29, 1.82) is 0 Å². The van der Waals surface area contributed by atoms with Gasteiger partial charge >= 0.3 is 12.1 Å². The van der Waals surface area contributed by atoms with Crippen LogP contribution in [0.15, 0.2) is 45.9 Å². The maximum Gasteiger partial charge on any atom is 0.438 e. The number of hydrogen-bond donors (Lipinski definition) is 1. The van der Waals surface area contributed by atoms with Gasteiger partial charge in [-0.15, -0.1) is 0 Å². The minimum Gasteiger partial charge on any atom is -0.484 e. The van der Waals surface area contributed by atoms with E-state index in [1.165, 1.54) is 19.1 Å². The quantitative estimate of drug-likeness (QED) is 0.839. The van der Waals surface area contributed by atoms with Crippen molar-refractivity contribution in [3.05, 3.63) is 52.9 Å². The van der Waals surface area contributed by atoms with E-state index in [-0.39, 0.29) is 23.1 Å². The molecule has 1 N–H and O–H groups in total. The van der Waals surface area contributed by atoms with Crippen molar-refractivity contribution in [2.75, 3.05) is 0 Å². The maximum atomic E-state index is 13.2. The van der Waals surface area contributed by atoms with Crippen LogP contribution >= 0.6 is 11.6 Å². The van der Waals surface area contributed by atoms with Gasteiger partial charge < -0.3 is 14.3 Å². The molecule has 1 aliphatic rings. The van der Waals surface area contributed by atoms with E-state index in [1.54, 1.807) is 24.3 Å². The van der Waals surface area contributed by atoms with E-state index in [2.05, 4.69) is 5.10 Å². The van der Waals surface area contributed by atoms with Crippen molar-refractivity contribution in [2.24, 2.45) is 5.10 Å². The lowest BCUT2D eigenvalue weighted by molar-refractivity contribution is -0.297. The molecule has 0 bridgehead atoms. The average molecular weight is 403 g/mol. The van der Waals surface area contributed by atoms with Crippen LogP contribution in [0.4, 0.5) is 13.2 Å². The molecule has 2 heterocycles. The maximum absolute atomic E-state index is 13.2. The number of aliphatic hydroxyl groups is 1. The first-order chi connectivity index (χ1) is 12.6. The summed E-state index contributed by atoms with van der Waals surface area (Å²) in [7, 11) is 0. The van der Waals surface area contributed by atoms with E-state index in [9.17, 15) is 23.1 Å². The zero-order valence-electron chi connectivity index (χ0n) is 14.0. The summed E-state index contributed by atoms with van der Waals surface area (Å²) >= 11 is 5.95. The monoisotopic (exact) mass is 402 g/mol. The van der Waals surface area contributed by atoms with Gasteiger partial charge in [-0.05, 0) is 31.2 Å². The SMILES string of the molecule is CC1=NN(C(=O)c2ccc(COc3ccccc3Cl)o2)C(O)(C(F)(F)F)C1. The highest BCUT2D eigenvalue weighted by molar-refractivity contribution is 6.32. The van der Waals surface area contributed by atoms with Crippen LogP contribution in [0.5, 0.6) is 5.75 Å². The molecule has 1 aromatic heterocycles. The van der Waals surface area contributed by atoms with Gasteiger partial charge in [-0.2, -0.15) is 23.3 Å². The van der Waals surface area contributed by atoms with Crippen molar-refractivity contribution < 1.29 is 32.2 Å². The Morgan fingerprint density at radius 3 is 2.74 bits per heavy atom. The first-order valence-corrected chi connectivity index (χ1v) is 8.13. The molecular formula is C17H14ClF3N2O4. The molecule has 144 valence electrons. The lowest BCUT2D eigenvalue weighted by Crippen LogP contribution is -2.56. The standard InChI is InChI=1S/C17H14ClF3N2O4/c1-10-8-16(25,17(19,20)21)23(22-10)15(24)14-7-6-11(27-14)9-26-13-5-3-2-4-12(13)18/h2-7,25H,8-9H2,1H3. The summed E-state index contributed by atoms with van der Waals surface area (Å²) in [5.41, 5.74) is -3.44. The number of para-hydroxylation sites is 1. The van der Waals surface area contributed by atoms with E-state index < -0.39 is 30.0 Å². The van der Waals surface area contributed by atoms with E-state index in [1.807, 2.05) is 0 Å². The Hall–Kier alpha value is -2.52. The van der Waals surface area contributed by atoms with Gasteiger partial charge in [0.15, 0.2) is 5.76 Å². The molecule has 2 aromatic rings. The molecule has 6 nitrogen and oxygen atoms in total. The number of benzene rings is 1. The lowest BCUT2D eigenvalue weighted by Gasteiger charge is -2.32. The van der Waals surface area contributed by atoms with Crippen LogP contribution in [-0.2, 0) is 6.61 Å². The second kappa shape index (κ2) is 6.90. The predicted octanol–water partition coefficient (Wildman–Crippen LogP) is 3.98. The number of furan rings is 1. The third-order valence-corrected chi connectivity index (χ3v) is 4.16. The zero-order valence-corrected chi connectivity index (χ0v) is 14.7. The summed E-state index contributed by atoms with van der Waals surface area (Å²) in [5, 5.41) is 13.9. The minimum atomic E-state index is -5.08. The molecule has 27 heavy (non-hydrogen) atoms. The molecule has 0 fully saturated rings. The topological polar surface area (TPSA) is 75.3 Å². The third-order valence-electron chi connectivity index (χ3n) is 3.85. The van der Waals surface area contributed by atoms with Crippen molar-refractivity contribution in [2.45, 2.75) is 31.9 Å². The number of hydrogen-bond acceptors (Lipinski definition) is 5. The van der Waals surface area contributed by atoms with Crippen LogP contribution in [0.2, 0.25) is 5.02 Å². The van der Waals surface area contributed by atoms with Gasteiger partial charge in [0.2, 0.25) is 0 Å². The molecular weight excluding hydrogens is 389 g/mol. The highest BCUT2D eigenvalue weighted by atomic mass is 35.5. The molecule has 0 radical (unpaired) electrons. The van der Waals surface area contributed by atoms with Crippen LogP contribution in [0.25, 0.3) is 0 Å². The highest BCUT2D eigenvalue weighted by Crippen LogP contribution is 2.41. The number of rotatable bonds is 4. The van der Waals surface area contributed by atoms with Crippen LogP contribution in [0, 0.1) is 0 Å². The predicted molar refractivity (Wildman–Crippen MR) is 89.4 cm³/mol. The Bertz CT molecular complexity index is 896. The number of carbonyl (C=O) groups is 1. The zero-order chi connectivity index (χ0) is 19.8. The van der Waals surface area contributed by atoms with Gasteiger partial charge in [0.1, 0.15) is 18.1 Å². The Balaban J connectivity index is 1.76. The normalized spacial score (nSPS) is 19.9. The fourth-order valence-electron chi connectivity index (χ4n) is 2.54. The Labute approximate surface area is 156 Å². The smallest absolute Gasteiger partial charge is 0.438 e. The summed E-state index contributed by atoms with van der Waals surface area (Å²) < 4.78 is 50.3. The fraction of sp³-hybridized carbons (Fsp3) is 0.294. The highest BCUT2D eigenvalue weighted by Gasteiger charge is 2.63.